The van der Waals surface area contributed by atoms with Gasteiger partial charge in [-0.3, -0.25) is 9.59 Å². The first kappa shape index (κ1) is 28.3. The molecule has 2 amide bonds. The van der Waals surface area contributed by atoms with Crippen molar-refractivity contribution in [3.8, 4) is 0 Å². The van der Waals surface area contributed by atoms with E-state index in [1.54, 1.807) is 6.92 Å². The number of quaternary nitrogens is 2. The Labute approximate surface area is 177 Å². The minimum Gasteiger partial charge on any atom is -1.00 e. The van der Waals surface area contributed by atoms with Gasteiger partial charge in [-0.2, -0.15) is 0 Å². The third kappa shape index (κ3) is 10.5. The lowest BCUT2D eigenvalue weighted by Crippen LogP contribution is -3.00. The number of carboxylic acid groups (broad SMARTS) is 1. The third-order valence-corrected chi connectivity index (χ3v) is 3.97. The van der Waals surface area contributed by atoms with E-state index in [2.05, 4.69) is 22.1 Å². The number of benzene rings is 1. The highest BCUT2D eigenvalue weighted by atomic mass is 35.5. The fourth-order valence-corrected chi connectivity index (χ4v) is 2.43. The molecule has 1 rings (SSSR count). The third-order valence-electron chi connectivity index (χ3n) is 3.97. The Balaban J connectivity index is 0. The molecule has 3 atom stereocenters. The lowest BCUT2D eigenvalue weighted by molar-refractivity contribution is -0.398. The maximum Gasteiger partial charge on any atom is 0.326 e. The average Bonchev–Trinajstić information content (AvgIpc) is 2.60. The molecule has 160 valence electrons. The Morgan fingerprint density at radius 3 is 2.07 bits per heavy atom. The van der Waals surface area contributed by atoms with Crippen molar-refractivity contribution >= 4 is 17.8 Å². The number of aliphatic carboxylic acids is 1. The quantitative estimate of drug-likeness (QED) is 0.219. The molecular weight excluding hydrogens is 407 g/mol. The molecule has 0 saturated heterocycles. The van der Waals surface area contributed by atoms with Crippen molar-refractivity contribution < 1.29 is 55.8 Å². The van der Waals surface area contributed by atoms with Crippen LogP contribution in [0.25, 0.3) is 0 Å². The minimum atomic E-state index is -1.09. The van der Waals surface area contributed by atoms with E-state index in [9.17, 15) is 19.5 Å². The summed E-state index contributed by atoms with van der Waals surface area (Å²) in [4.78, 5) is 36.0. The topological polar surface area (TPSA) is 151 Å². The largest absolute Gasteiger partial charge is 1.00 e. The Kier molecular flexibility index (Phi) is 15.3. The first-order valence-electron chi connectivity index (χ1n) is 8.85. The summed E-state index contributed by atoms with van der Waals surface area (Å²) in [6, 6.07) is 6.88. The molecule has 0 bridgehead atoms. The second-order valence-electron chi connectivity index (χ2n) is 6.40. The van der Waals surface area contributed by atoms with E-state index in [1.807, 2.05) is 30.3 Å². The number of nitrogens with one attached hydrogen (secondary N) is 2. The molecule has 0 aliphatic rings. The molecule has 0 aliphatic carbocycles. The molecular formula is C18H30Cl2N4O4. The SMILES string of the molecule is C[C@@H]([NH3+])C(=O)N[C@@H](Cc1ccccc1)C(=O)N[C@@H](CCCC[NH3+])C(=O)O.[Cl-].[Cl-]. The van der Waals surface area contributed by atoms with E-state index >= 15 is 0 Å². The smallest absolute Gasteiger partial charge is 0.326 e. The molecule has 1 aromatic carbocycles. The van der Waals surface area contributed by atoms with Gasteiger partial charge in [0.05, 0.1) is 6.54 Å². The highest BCUT2D eigenvalue weighted by Crippen LogP contribution is 2.06. The summed E-state index contributed by atoms with van der Waals surface area (Å²) < 4.78 is 0. The number of amides is 2. The fourth-order valence-electron chi connectivity index (χ4n) is 2.43. The van der Waals surface area contributed by atoms with Crippen molar-refractivity contribution in [2.75, 3.05) is 6.54 Å². The van der Waals surface area contributed by atoms with E-state index < -0.39 is 30.0 Å². The van der Waals surface area contributed by atoms with Gasteiger partial charge in [-0.1, -0.05) is 30.3 Å². The Bertz CT molecular complexity index is 603. The predicted molar refractivity (Wildman–Crippen MR) is 95.6 cm³/mol. The first-order valence-corrected chi connectivity index (χ1v) is 8.85. The van der Waals surface area contributed by atoms with Crippen molar-refractivity contribution in [2.24, 2.45) is 0 Å². The van der Waals surface area contributed by atoms with Gasteiger partial charge in [0.1, 0.15) is 12.1 Å². The maximum absolute atomic E-state index is 12.6. The summed E-state index contributed by atoms with van der Waals surface area (Å²) in [6.45, 7) is 2.35. The van der Waals surface area contributed by atoms with E-state index in [0.29, 0.717) is 19.4 Å². The van der Waals surface area contributed by atoms with Crippen LogP contribution in [-0.4, -0.2) is 47.6 Å². The fraction of sp³-hybridized carbons (Fsp3) is 0.500. The summed E-state index contributed by atoms with van der Waals surface area (Å²) in [5.74, 6) is -1.95. The van der Waals surface area contributed by atoms with Crippen LogP contribution in [0.1, 0.15) is 31.7 Å². The summed E-state index contributed by atoms with van der Waals surface area (Å²) in [5, 5.41) is 14.5. The zero-order valence-electron chi connectivity index (χ0n) is 16.0. The normalized spacial score (nSPS) is 13.1. The van der Waals surface area contributed by atoms with Gasteiger partial charge in [0, 0.05) is 6.42 Å². The molecule has 9 N–H and O–H groups in total. The minimum absolute atomic E-state index is 0. The Morgan fingerprint density at radius 1 is 1.00 bits per heavy atom. The summed E-state index contributed by atoms with van der Waals surface area (Å²) in [6.07, 6.45) is 2.06. The molecule has 28 heavy (non-hydrogen) atoms. The number of carbonyl (C=O) groups is 3. The number of halogens is 2. The lowest BCUT2D eigenvalue weighted by atomic mass is 10.0. The van der Waals surface area contributed by atoms with Crippen LogP contribution in [0.4, 0.5) is 0 Å². The van der Waals surface area contributed by atoms with Crippen molar-refractivity contribution in [3.05, 3.63) is 35.9 Å². The summed E-state index contributed by atoms with van der Waals surface area (Å²) in [5.41, 5.74) is 8.25. The van der Waals surface area contributed by atoms with Crippen molar-refractivity contribution in [1.29, 1.82) is 0 Å². The summed E-state index contributed by atoms with van der Waals surface area (Å²) in [7, 11) is 0. The second kappa shape index (κ2) is 15.1. The molecule has 0 radical (unpaired) electrons. The first-order chi connectivity index (χ1) is 12.3. The number of hydrogen-bond acceptors (Lipinski definition) is 3. The number of hydrogen-bond donors (Lipinski definition) is 5. The second-order valence-corrected chi connectivity index (χ2v) is 6.40. The molecule has 0 unspecified atom stereocenters. The van der Waals surface area contributed by atoms with Crippen LogP contribution < -0.4 is 46.9 Å². The van der Waals surface area contributed by atoms with Gasteiger partial charge in [-0.15, -0.1) is 0 Å². The van der Waals surface area contributed by atoms with Crippen LogP contribution in [0.5, 0.6) is 0 Å². The van der Waals surface area contributed by atoms with E-state index in [0.717, 1.165) is 12.0 Å². The predicted octanol–water partition coefficient (Wildman–Crippen LogP) is -7.67. The molecule has 0 saturated carbocycles. The van der Waals surface area contributed by atoms with Gasteiger partial charge in [0.15, 0.2) is 6.04 Å². The van der Waals surface area contributed by atoms with Gasteiger partial charge < -0.3 is 52.0 Å². The number of unbranched alkanes of at least 4 members (excludes halogenated alkanes) is 1. The number of rotatable bonds is 11. The average molecular weight is 437 g/mol. The summed E-state index contributed by atoms with van der Waals surface area (Å²) >= 11 is 0. The van der Waals surface area contributed by atoms with Gasteiger partial charge in [0.2, 0.25) is 5.91 Å². The van der Waals surface area contributed by atoms with E-state index in [1.165, 1.54) is 0 Å². The molecule has 0 heterocycles. The highest BCUT2D eigenvalue weighted by Gasteiger charge is 2.27. The van der Waals surface area contributed by atoms with Gasteiger partial charge >= 0.3 is 5.97 Å². The van der Waals surface area contributed by atoms with E-state index in [-0.39, 0.29) is 37.1 Å². The van der Waals surface area contributed by atoms with Crippen LogP contribution in [0.15, 0.2) is 30.3 Å². The maximum atomic E-state index is 12.6. The lowest BCUT2D eigenvalue weighted by Gasteiger charge is -2.22. The van der Waals surface area contributed by atoms with Crippen LogP contribution in [0.2, 0.25) is 0 Å². The molecule has 1 aromatic rings. The van der Waals surface area contributed by atoms with Crippen LogP contribution in [0.3, 0.4) is 0 Å². The monoisotopic (exact) mass is 436 g/mol. The van der Waals surface area contributed by atoms with Gasteiger partial charge in [0.25, 0.3) is 5.91 Å². The zero-order chi connectivity index (χ0) is 19.5. The highest BCUT2D eigenvalue weighted by molar-refractivity contribution is 5.91. The number of carbonyl (C=O) groups excluding carboxylic acids is 2. The molecule has 8 nitrogen and oxygen atoms in total. The molecule has 0 aliphatic heterocycles. The van der Waals surface area contributed by atoms with Crippen molar-refractivity contribution in [1.82, 2.24) is 10.6 Å². The zero-order valence-corrected chi connectivity index (χ0v) is 17.5. The molecule has 0 fully saturated rings. The Hall–Kier alpha value is -1.87. The number of carboxylic acids is 1. The molecule has 10 heteroatoms. The van der Waals surface area contributed by atoms with Crippen LogP contribution in [-0.2, 0) is 20.8 Å². The van der Waals surface area contributed by atoms with E-state index in [4.69, 9.17) is 0 Å². The van der Waals surface area contributed by atoms with Crippen molar-refractivity contribution in [2.45, 2.75) is 50.7 Å². The molecule has 0 spiro atoms. The van der Waals surface area contributed by atoms with Crippen LogP contribution in [0, 0.1) is 0 Å². The van der Waals surface area contributed by atoms with Crippen molar-refractivity contribution in [3.63, 3.8) is 0 Å². The molecule has 0 aromatic heterocycles. The van der Waals surface area contributed by atoms with Gasteiger partial charge in [-0.05, 0) is 31.7 Å². The van der Waals surface area contributed by atoms with Gasteiger partial charge in [-0.25, -0.2) is 4.79 Å². The van der Waals surface area contributed by atoms with Crippen LogP contribution >= 0.6 is 0 Å². The Morgan fingerprint density at radius 2 is 1.57 bits per heavy atom. The standard InChI is InChI=1S/C18H28N4O4.2ClH/c1-12(20)16(23)22-15(11-13-7-3-2-4-8-13)17(24)21-14(18(25)26)9-5-6-10-19;;/h2-4,7-8,12,14-15H,5-6,9-11,19-20H2,1H3,(H,21,24)(H,22,23)(H,25,26);2*1H/t12-,14+,15+;;/m1../s1.